The van der Waals surface area contributed by atoms with Gasteiger partial charge in [0.15, 0.2) is 11.2 Å². The van der Waals surface area contributed by atoms with E-state index in [9.17, 15) is 9.90 Å². The van der Waals surface area contributed by atoms with Gasteiger partial charge in [0, 0.05) is 18.0 Å². The van der Waals surface area contributed by atoms with Crippen LogP contribution in [0.4, 0.5) is 0 Å². The zero-order chi connectivity index (χ0) is 12.5. The molecule has 0 radical (unpaired) electrons. The molecule has 0 aliphatic rings. The van der Waals surface area contributed by atoms with Crippen molar-refractivity contribution in [2.45, 2.75) is 0 Å². The van der Waals surface area contributed by atoms with Crippen molar-refractivity contribution in [2.75, 3.05) is 0 Å². The third kappa shape index (κ3) is 1.69. The van der Waals surface area contributed by atoms with Crippen LogP contribution in [0.2, 0.25) is 0 Å². The van der Waals surface area contributed by atoms with Gasteiger partial charge in [0.2, 0.25) is 0 Å². The molecule has 0 spiro atoms. The van der Waals surface area contributed by atoms with Gasteiger partial charge in [-0.3, -0.25) is 4.79 Å². The van der Waals surface area contributed by atoms with Crippen molar-refractivity contribution < 1.29 is 5.11 Å². The Morgan fingerprint density at radius 2 is 2.00 bits per heavy atom. The Morgan fingerprint density at radius 1 is 1.17 bits per heavy atom. The highest BCUT2D eigenvalue weighted by Crippen LogP contribution is 2.19. The van der Waals surface area contributed by atoms with E-state index in [2.05, 4.69) is 19.9 Å². The summed E-state index contributed by atoms with van der Waals surface area (Å²) in [6.45, 7) is 0. The van der Waals surface area contributed by atoms with E-state index >= 15 is 0 Å². The van der Waals surface area contributed by atoms with Gasteiger partial charge in [-0.2, -0.15) is 0 Å². The van der Waals surface area contributed by atoms with Crippen LogP contribution in [0, 0.1) is 0 Å². The van der Waals surface area contributed by atoms with Crippen LogP contribution in [0.5, 0.6) is 5.75 Å². The average molecular weight is 240 g/mol. The number of aromatic amines is 1. The minimum absolute atomic E-state index is 0.106. The molecule has 3 aromatic rings. The number of phenolic OH excluding ortho intramolecular Hbond substituents is 1. The van der Waals surface area contributed by atoms with Crippen molar-refractivity contribution in [2.24, 2.45) is 0 Å². The van der Waals surface area contributed by atoms with Gasteiger partial charge >= 0.3 is 0 Å². The van der Waals surface area contributed by atoms with Gasteiger partial charge < -0.3 is 10.1 Å². The van der Waals surface area contributed by atoms with Gasteiger partial charge in [-0.05, 0) is 12.1 Å². The van der Waals surface area contributed by atoms with Crippen molar-refractivity contribution in [3.05, 3.63) is 47.0 Å². The number of phenols is 1. The van der Waals surface area contributed by atoms with E-state index < -0.39 is 0 Å². The first kappa shape index (κ1) is 10.4. The number of hydrogen-bond acceptors (Lipinski definition) is 5. The first-order chi connectivity index (χ1) is 8.74. The maximum absolute atomic E-state index is 11.8. The maximum atomic E-state index is 11.8. The van der Waals surface area contributed by atoms with E-state index in [-0.39, 0.29) is 22.5 Å². The number of nitrogens with one attached hydrogen (secondary N) is 1. The monoisotopic (exact) mass is 240 g/mol. The number of nitrogens with zero attached hydrogens (tertiary/aromatic N) is 3. The highest BCUT2D eigenvalue weighted by molar-refractivity contribution is 5.71. The number of hydrogen-bond donors (Lipinski definition) is 2. The molecule has 2 aromatic heterocycles. The Bertz CT molecular complexity index is 782. The smallest absolute Gasteiger partial charge is 0.279 e. The number of rotatable bonds is 1. The molecule has 2 N–H and O–H groups in total. The van der Waals surface area contributed by atoms with Crippen LogP contribution in [0.25, 0.3) is 22.6 Å². The summed E-state index contributed by atoms with van der Waals surface area (Å²) < 4.78 is 0. The van der Waals surface area contributed by atoms with E-state index in [0.717, 1.165) is 0 Å². The van der Waals surface area contributed by atoms with Crippen LogP contribution >= 0.6 is 0 Å². The molecule has 3 rings (SSSR count). The number of benzene rings is 1. The van der Waals surface area contributed by atoms with Gasteiger partial charge in [-0.15, -0.1) is 0 Å². The van der Waals surface area contributed by atoms with E-state index in [4.69, 9.17) is 0 Å². The molecule has 0 unspecified atom stereocenters. The van der Waals surface area contributed by atoms with Crippen molar-refractivity contribution in [1.82, 2.24) is 19.9 Å². The molecular formula is C12H8N4O2. The summed E-state index contributed by atoms with van der Waals surface area (Å²) >= 11 is 0. The second-order valence-corrected chi connectivity index (χ2v) is 3.69. The summed E-state index contributed by atoms with van der Waals surface area (Å²) in [5.41, 5.74) is 0.729. The Morgan fingerprint density at radius 3 is 2.83 bits per heavy atom. The maximum Gasteiger partial charge on any atom is 0.279 e. The molecule has 0 amide bonds. The Kier molecular flexibility index (Phi) is 2.26. The van der Waals surface area contributed by atoms with Gasteiger partial charge in [0.05, 0.1) is 0 Å². The lowest BCUT2D eigenvalue weighted by atomic mass is 10.2. The van der Waals surface area contributed by atoms with Crippen LogP contribution in [0.1, 0.15) is 0 Å². The third-order valence-corrected chi connectivity index (χ3v) is 2.46. The van der Waals surface area contributed by atoms with Gasteiger partial charge in [-0.25, -0.2) is 15.0 Å². The Balaban J connectivity index is 2.28. The lowest BCUT2D eigenvalue weighted by Gasteiger charge is -2.02. The zero-order valence-corrected chi connectivity index (χ0v) is 9.16. The standard InChI is InChI=1S/C12H8N4O2/c17-8-3-1-2-7(6-8)10-15-11-9(12(18)16-10)13-4-5-14-11/h1-6,17H,(H,14,15,16,18). The number of aromatic nitrogens is 4. The lowest BCUT2D eigenvalue weighted by molar-refractivity contribution is 0.475. The fraction of sp³-hybridized carbons (Fsp3) is 0. The summed E-state index contributed by atoms with van der Waals surface area (Å²) in [7, 11) is 0. The van der Waals surface area contributed by atoms with Crippen molar-refractivity contribution in [3.8, 4) is 17.1 Å². The average Bonchev–Trinajstić information content (AvgIpc) is 2.39. The Labute approximate surface area is 101 Å². The van der Waals surface area contributed by atoms with Crippen LogP contribution in [-0.2, 0) is 0 Å². The summed E-state index contributed by atoms with van der Waals surface area (Å²) in [6.07, 6.45) is 2.91. The molecule has 6 nitrogen and oxygen atoms in total. The fourth-order valence-corrected chi connectivity index (χ4v) is 1.66. The predicted molar refractivity (Wildman–Crippen MR) is 65.1 cm³/mol. The number of aromatic hydroxyl groups is 1. The first-order valence-electron chi connectivity index (χ1n) is 5.24. The van der Waals surface area contributed by atoms with Crippen LogP contribution < -0.4 is 5.56 Å². The third-order valence-electron chi connectivity index (χ3n) is 2.46. The van der Waals surface area contributed by atoms with Crippen molar-refractivity contribution in [3.63, 3.8) is 0 Å². The molecule has 88 valence electrons. The van der Waals surface area contributed by atoms with Gasteiger partial charge in [0.25, 0.3) is 5.56 Å². The number of H-pyrrole nitrogens is 1. The Hall–Kier alpha value is -2.76. The molecule has 2 heterocycles. The fourth-order valence-electron chi connectivity index (χ4n) is 1.66. The van der Waals surface area contributed by atoms with Crippen LogP contribution in [-0.4, -0.2) is 25.0 Å². The largest absolute Gasteiger partial charge is 0.508 e. The molecule has 6 heteroatoms. The van der Waals surface area contributed by atoms with Gasteiger partial charge in [0.1, 0.15) is 11.6 Å². The van der Waals surface area contributed by atoms with Crippen molar-refractivity contribution >= 4 is 11.2 Å². The SMILES string of the molecule is O=c1[nH]c(-c2cccc(O)c2)nc2nccnc12. The molecule has 0 saturated carbocycles. The summed E-state index contributed by atoms with van der Waals surface area (Å²) in [6, 6.07) is 6.47. The molecule has 0 saturated heterocycles. The van der Waals surface area contributed by atoms with Crippen LogP contribution in [0.3, 0.4) is 0 Å². The second kappa shape index (κ2) is 3.92. The van der Waals surface area contributed by atoms with Gasteiger partial charge in [-0.1, -0.05) is 12.1 Å². The van der Waals surface area contributed by atoms with Crippen LogP contribution in [0.15, 0.2) is 41.5 Å². The highest BCUT2D eigenvalue weighted by Gasteiger charge is 2.07. The summed E-state index contributed by atoms with van der Waals surface area (Å²) in [5, 5.41) is 9.41. The molecule has 1 aromatic carbocycles. The van der Waals surface area contributed by atoms with E-state index in [1.54, 1.807) is 18.2 Å². The summed E-state index contributed by atoms with van der Waals surface area (Å²) in [5.74, 6) is 0.457. The second-order valence-electron chi connectivity index (χ2n) is 3.69. The molecule has 0 atom stereocenters. The molecule has 0 fully saturated rings. The zero-order valence-electron chi connectivity index (χ0n) is 9.16. The minimum Gasteiger partial charge on any atom is -0.508 e. The quantitative estimate of drug-likeness (QED) is 0.664. The van der Waals surface area contributed by atoms with E-state index in [0.29, 0.717) is 11.4 Å². The van der Waals surface area contributed by atoms with Crippen molar-refractivity contribution in [1.29, 1.82) is 0 Å². The summed E-state index contributed by atoms with van der Waals surface area (Å²) in [4.78, 5) is 26.5. The van der Waals surface area contributed by atoms with E-state index in [1.165, 1.54) is 18.5 Å². The minimum atomic E-state index is -0.355. The highest BCUT2D eigenvalue weighted by atomic mass is 16.3. The normalized spacial score (nSPS) is 10.7. The molecular weight excluding hydrogens is 232 g/mol. The first-order valence-corrected chi connectivity index (χ1v) is 5.24. The molecule has 0 aliphatic carbocycles. The predicted octanol–water partition coefficient (Wildman–Crippen LogP) is 1.09. The number of fused-ring (bicyclic) bond motifs is 1. The lowest BCUT2D eigenvalue weighted by Crippen LogP contribution is -2.11. The molecule has 0 bridgehead atoms. The molecule has 18 heavy (non-hydrogen) atoms. The topological polar surface area (TPSA) is 91.8 Å². The molecule has 0 aliphatic heterocycles. The van der Waals surface area contributed by atoms with E-state index in [1.807, 2.05) is 0 Å².